The molecule has 1 aliphatic rings. The van der Waals surface area contributed by atoms with E-state index in [0.717, 1.165) is 0 Å². The van der Waals surface area contributed by atoms with Gasteiger partial charge in [0.1, 0.15) is 0 Å². The third kappa shape index (κ3) is 5.43. The van der Waals surface area contributed by atoms with Crippen LogP contribution in [-0.2, 0) is 19.6 Å². The summed E-state index contributed by atoms with van der Waals surface area (Å²) in [6, 6.07) is 0. The molecule has 1 N–H and O–H groups in total. The number of rotatable bonds is 5. The Morgan fingerprint density at radius 3 is 2.21 bits per heavy atom. The van der Waals surface area contributed by atoms with Gasteiger partial charge in [-0.2, -0.15) is 4.31 Å². The number of methoxy groups -OCH3 is 1. The molecule has 0 amide bonds. The molecule has 0 aliphatic carbocycles. The molecular formula is C11H22N2O5S. The zero-order valence-corrected chi connectivity index (χ0v) is 12.4. The van der Waals surface area contributed by atoms with E-state index >= 15 is 0 Å². The van der Waals surface area contributed by atoms with Gasteiger partial charge in [0.05, 0.1) is 12.7 Å². The quantitative estimate of drug-likeness (QED) is 0.646. The topological polar surface area (TPSA) is 87.2 Å². The first kappa shape index (κ1) is 16.4. The lowest BCUT2D eigenvalue weighted by Gasteiger charge is -2.36. The Hall–Kier alpha value is -0.700. The molecule has 0 spiro atoms. The second-order valence-electron chi connectivity index (χ2n) is 5.32. The molecule has 7 nitrogen and oxygen atoms in total. The van der Waals surface area contributed by atoms with Crippen LogP contribution in [0.4, 0.5) is 0 Å². The van der Waals surface area contributed by atoms with Gasteiger partial charge in [0.15, 0.2) is 5.75 Å². The summed E-state index contributed by atoms with van der Waals surface area (Å²) >= 11 is 0. The summed E-state index contributed by atoms with van der Waals surface area (Å²) in [4.78, 5) is 13.1. The number of esters is 1. The monoisotopic (exact) mass is 294 g/mol. The van der Waals surface area contributed by atoms with E-state index in [9.17, 15) is 18.3 Å². The third-order valence-electron chi connectivity index (χ3n) is 2.86. The second-order valence-corrected chi connectivity index (χ2v) is 7.29. The number of hydrogen-bond donors (Lipinski definition) is 1. The molecule has 1 fully saturated rings. The molecule has 19 heavy (non-hydrogen) atoms. The Morgan fingerprint density at radius 1 is 1.26 bits per heavy atom. The lowest BCUT2D eigenvalue weighted by Crippen LogP contribution is -2.52. The lowest BCUT2D eigenvalue weighted by molar-refractivity contribution is -0.137. The van der Waals surface area contributed by atoms with Gasteiger partial charge in [-0.1, -0.05) is 0 Å². The minimum absolute atomic E-state index is 0.329. The molecule has 1 rings (SSSR count). The number of piperazine rings is 1. The smallest absolute Gasteiger partial charge is 0.322 e. The van der Waals surface area contributed by atoms with Crippen LogP contribution in [0.2, 0.25) is 0 Å². The fourth-order valence-corrected chi connectivity index (χ4v) is 3.33. The molecule has 0 atom stereocenters. The van der Waals surface area contributed by atoms with Gasteiger partial charge >= 0.3 is 5.97 Å². The number of aliphatic hydroxyl groups is 1. The molecular weight excluding hydrogens is 272 g/mol. The molecule has 0 aromatic carbocycles. The molecule has 0 aromatic heterocycles. The van der Waals surface area contributed by atoms with Crippen molar-refractivity contribution in [3.8, 4) is 0 Å². The number of β-amino-alcohol motifs (C(OH)–C–C–N with tert-alkyl or cyclic N) is 1. The highest BCUT2D eigenvalue weighted by atomic mass is 32.2. The first-order valence-electron chi connectivity index (χ1n) is 6.13. The Labute approximate surface area is 114 Å². The molecule has 8 heteroatoms. The highest BCUT2D eigenvalue weighted by Crippen LogP contribution is 2.11. The predicted octanol–water partition coefficient (Wildman–Crippen LogP) is -1.12. The molecule has 0 saturated carbocycles. The Morgan fingerprint density at radius 2 is 1.79 bits per heavy atom. The maximum Gasteiger partial charge on any atom is 0.322 e. The zero-order chi connectivity index (χ0) is 14.7. The number of carbonyl (C=O) groups is 1. The summed E-state index contributed by atoms with van der Waals surface area (Å²) in [6.45, 7) is 5.68. The molecule has 1 saturated heterocycles. The van der Waals surface area contributed by atoms with Crippen molar-refractivity contribution in [1.82, 2.24) is 9.21 Å². The van der Waals surface area contributed by atoms with E-state index < -0.39 is 27.3 Å². The van der Waals surface area contributed by atoms with Crippen LogP contribution >= 0.6 is 0 Å². The highest BCUT2D eigenvalue weighted by Gasteiger charge is 2.30. The van der Waals surface area contributed by atoms with E-state index in [-0.39, 0.29) is 0 Å². The first-order chi connectivity index (χ1) is 8.64. The van der Waals surface area contributed by atoms with Crippen molar-refractivity contribution < 1.29 is 23.1 Å². The van der Waals surface area contributed by atoms with Gasteiger partial charge in [0.2, 0.25) is 10.0 Å². The Bertz CT molecular complexity index is 407. The molecule has 0 aromatic rings. The average Bonchev–Trinajstić information content (AvgIpc) is 2.26. The zero-order valence-electron chi connectivity index (χ0n) is 11.6. The number of ether oxygens (including phenoxy) is 1. The molecule has 112 valence electrons. The van der Waals surface area contributed by atoms with E-state index in [0.29, 0.717) is 32.7 Å². The van der Waals surface area contributed by atoms with Gasteiger partial charge in [0.25, 0.3) is 0 Å². The largest absolute Gasteiger partial charge is 0.468 e. The second kappa shape index (κ2) is 6.17. The molecule has 1 heterocycles. The van der Waals surface area contributed by atoms with E-state index in [1.54, 1.807) is 13.8 Å². The SMILES string of the molecule is COC(=O)CS(=O)(=O)N1CCN(CC(C)(C)O)CC1. The van der Waals surface area contributed by atoms with Crippen molar-refractivity contribution in [2.45, 2.75) is 19.4 Å². The van der Waals surface area contributed by atoms with Crippen molar-refractivity contribution in [1.29, 1.82) is 0 Å². The van der Waals surface area contributed by atoms with E-state index in [1.807, 2.05) is 4.90 Å². The van der Waals surface area contributed by atoms with E-state index in [1.165, 1.54) is 11.4 Å². The lowest BCUT2D eigenvalue weighted by atomic mass is 10.1. The van der Waals surface area contributed by atoms with Crippen LogP contribution in [0, 0.1) is 0 Å². The Balaban J connectivity index is 2.51. The van der Waals surface area contributed by atoms with Crippen molar-refractivity contribution in [3.63, 3.8) is 0 Å². The van der Waals surface area contributed by atoms with E-state index in [4.69, 9.17) is 0 Å². The first-order valence-corrected chi connectivity index (χ1v) is 7.74. The maximum atomic E-state index is 11.9. The van der Waals surface area contributed by atoms with Gasteiger partial charge < -0.3 is 9.84 Å². The number of carbonyl (C=O) groups excluding carboxylic acids is 1. The van der Waals surface area contributed by atoms with Gasteiger partial charge in [-0.05, 0) is 13.8 Å². The van der Waals surface area contributed by atoms with Crippen LogP contribution in [0.25, 0.3) is 0 Å². The predicted molar refractivity (Wildman–Crippen MR) is 70.1 cm³/mol. The van der Waals surface area contributed by atoms with Crippen LogP contribution < -0.4 is 0 Å². The van der Waals surface area contributed by atoms with Crippen molar-refractivity contribution in [3.05, 3.63) is 0 Å². The minimum Gasteiger partial charge on any atom is -0.468 e. The van der Waals surface area contributed by atoms with Crippen LogP contribution in [0.3, 0.4) is 0 Å². The third-order valence-corrected chi connectivity index (χ3v) is 4.62. The van der Waals surface area contributed by atoms with Gasteiger partial charge in [-0.25, -0.2) is 8.42 Å². The number of sulfonamides is 1. The van der Waals surface area contributed by atoms with Crippen molar-refractivity contribution >= 4 is 16.0 Å². The van der Waals surface area contributed by atoms with E-state index in [2.05, 4.69) is 4.74 Å². The number of nitrogens with zero attached hydrogens (tertiary/aromatic N) is 2. The van der Waals surface area contributed by atoms with Crippen LogP contribution in [0.15, 0.2) is 0 Å². The summed E-state index contributed by atoms with van der Waals surface area (Å²) in [5.41, 5.74) is -0.799. The van der Waals surface area contributed by atoms with Crippen LogP contribution in [-0.4, -0.2) is 79.9 Å². The minimum atomic E-state index is -3.59. The van der Waals surface area contributed by atoms with Gasteiger partial charge in [-0.3, -0.25) is 9.69 Å². The summed E-state index contributed by atoms with van der Waals surface area (Å²) in [6.07, 6.45) is 0. The van der Waals surface area contributed by atoms with Crippen molar-refractivity contribution in [2.75, 3.05) is 45.6 Å². The van der Waals surface area contributed by atoms with Gasteiger partial charge in [0, 0.05) is 32.7 Å². The standard InChI is InChI=1S/C11H22N2O5S/c1-11(2,15)9-12-4-6-13(7-5-12)19(16,17)8-10(14)18-3/h15H,4-9H2,1-3H3. The maximum absolute atomic E-state index is 11.9. The summed E-state index contributed by atoms with van der Waals surface area (Å²) in [7, 11) is -2.43. The summed E-state index contributed by atoms with van der Waals surface area (Å²) in [5.74, 6) is -1.37. The normalized spacial score (nSPS) is 19.4. The van der Waals surface area contributed by atoms with Crippen LogP contribution in [0.5, 0.6) is 0 Å². The average molecular weight is 294 g/mol. The van der Waals surface area contributed by atoms with Crippen molar-refractivity contribution in [2.24, 2.45) is 0 Å². The number of hydrogen-bond acceptors (Lipinski definition) is 6. The highest BCUT2D eigenvalue weighted by molar-refractivity contribution is 7.89. The fourth-order valence-electron chi connectivity index (χ4n) is 2.01. The Kier molecular flexibility index (Phi) is 5.31. The summed E-state index contributed by atoms with van der Waals surface area (Å²) in [5, 5.41) is 9.71. The van der Waals surface area contributed by atoms with Gasteiger partial charge in [-0.15, -0.1) is 0 Å². The molecule has 0 radical (unpaired) electrons. The fraction of sp³-hybridized carbons (Fsp3) is 0.909. The molecule has 1 aliphatic heterocycles. The van der Waals surface area contributed by atoms with Crippen LogP contribution in [0.1, 0.15) is 13.8 Å². The molecule has 0 bridgehead atoms. The summed E-state index contributed by atoms with van der Waals surface area (Å²) < 4.78 is 29.5. The molecule has 0 unspecified atom stereocenters.